The molecule has 1 aliphatic rings. The van der Waals surface area contributed by atoms with Gasteiger partial charge >= 0.3 is 0 Å². The molecule has 0 bridgehead atoms. The Bertz CT molecular complexity index is 364. The van der Waals surface area contributed by atoms with Gasteiger partial charge in [0, 0.05) is 19.6 Å². The molecule has 0 saturated carbocycles. The van der Waals surface area contributed by atoms with Crippen LogP contribution >= 0.6 is 0 Å². The Balaban J connectivity index is 1.79. The largest absolute Gasteiger partial charge is 0.299 e. The summed E-state index contributed by atoms with van der Waals surface area (Å²) in [5.74, 6) is 0.728. The summed E-state index contributed by atoms with van der Waals surface area (Å²) in [5, 5.41) is 0. The lowest BCUT2D eigenvalue weighted by Crippen LogP contribution is -2.31. The molecule has 1 heterocycles. The molecule has 1 aromatic carbocycles. The molecule has 2 rings (SSSR count). The second-order valence-corrected chi connectivity index (χ2v) is 5.22. The maximum absolute atomic E-state index is 2.55. The average Bonchev–Trinajstić information content (AvgIpc) is 2.38. The Hall–Kier alpha value is -1.08. The molecule has 0 aliphatic carbocycles. The van der Waals surface area contributed by atoms with Crippen LogP contribution in [-0.4, -0.2) is 24.5 Å². The van der Waals surface area contributed by atoms with Crippen molar-refractivity contribution in [3.05, 3.63) is 47.5 Å². The van der Waals surface area contributed by atoms with E-state index in [-0.39, 0.29) is 0 Å². The quantitative estimate of drug-likeness (QED) is 0.714. The normalized spacial score (nSPS) is 17.2. The minimum atomic E-state index is 0.728. The van der Waals surface area contributed by atoms with Gasteiger partial charge in [-0.2, -0.15) is 0 Å². The zero-order chi connectivity index (χ0) is 12.1. The fraction of sp³-hybridized carbons (Fsp3) is 0.500. The molecule has 0 aromatic heterocycles. The summed E-state index contributed by atoms with van der Waals surface area (Å²) in [6.07, 6.45) is 4.86. The summed E-state index contributed by atoms with van der Waals surface area (Å²) in [4.78, 5) is 2.55. The molecule has 1 aromatic rings. The van der Waals surface area contributed by atoms with Crippen LogP contribution in [0.1, 0.15) is 25.8 Å². The first-order chi connectivity index (χ1) is 8.25. The first-order valence-corrected chi connectivity index (χ1v) is 6.71. The second-order valence-electron chi connectivity index (χ2n) is 5.22. The van der Waals surface area contributed by atoms with E-state index in [0.29, 0.717) is 0 Å². The Morgan fingerprint density at radius 2 is 1.94 bits per heavy atom. The maximum Gasteiger partial charge on any atom is 0.0166 e. The molecule has 0 spiro atoms. The van der Waals surface area contributed by atoms with Gasteiger partial charge in [-0.3, -0.25) is 4.90 Å². The SMILES string of the molecule is CC(C)C1=CCN(CCc2ccccc2)CC1. The van der Waals surface area contributed by atoms with Gasteiger partial charge in [-0.25, -0.2) is 0 Å². The van der Waals surface area contributed by atoms with Crippen LogP contribution in [0.15, 0.2) is 42.0 Å². The first kappa shape index (κ1) is 12.4. The van der Waals surface area contributed by atoms with Crippen molar-refractivity contribution in [2.45, 2.75) is 26.7 Å². The number of nitrogens with zero attached hydrogens (tertiary/aromatic N) is 1. The predicted molar refractivity (Wildman–Crippen MR) is 74.1 cm³/mol. The lowest BCUT2D eigenvalue weighted by Gasteiger charge is -2.27. The van der Waals surface area contributed by atoms with Crippen molar-refractivity contribution < 1.29 is 0 Å². The molecule has 0 N–H and O–H groups in total. The Morgan fingerprint density at radius 3 is 2.53 bits per heavy atom. The average molecular weight is 229 g/mol. The highest BCUT2D eigenvalue weighted by molar-refractivity contribution is 5.15. The van der Waals surface area contributed by atoms with Crippen LogP contribution in [0.4, 0.5) is 0 Å². The third-order valence-electron chi connectivity index (χ3n) is 3.63. The molecule has 1 heteroatoms. The predicted octanol–water partition coefficient (Wildman–Crippen LogP) is 3.52. The van der Waals surface area contributed by atoms with Crippen molar-refractivity contribution in [2.75, 3.05) is 19.6 Å². The number of benzene rings is 1. The lowest BCUT2D eigenvalue weighted by molar-refractivity contribution is 0.292. The standard InChI is InChI=1S/C16H23N/c1-14(2)16-9-12-17(13-10-16)11-8-15-6-4-3-5-7-15/h3-7,9,14H,8,10-13H2,1-2H3. The van der Waals surface area contributed by atoms with Gasteiger partial charge < -0.3 is 0 Å². The minimum Gasteiger partial charge on any atom is -0.299 e. The van der Waals surface area contributed by atoms with Gasteiger partial charge in [0.05, 0.1) is 0 Å². The molecule has 1 aliphatic heterocycles. The van der Waals surface area contributed by atoms with E-state index < -0.39 is 0 Å². The molecule has 0 radical (unpaired) electrons. The molecular formula is C16H23N. The molecule has 1 nitrogen and oxygen atoms in total. The van der Waals surface area contributed by atoms with E-state index in [1.54, 1.807) is 5.57 Å². The number of hydrogen-bond acceptors (Lipinski definition) is 1. The van der Waals surface area contributed by atoms with Crippen LogP contribution in [0, 0.1) is 5.92 Å². The summed E-state index contributed by atoms with van der Waals surface area (Å²) in [6, 6.07) is 10.8. The molecule has 0 unspecified atom stereocenters. The van der Waals surface area contributed by atoms with Gasteiger partial charge in [-0.1, -0.05) is 55.8 Å². The van der Waals surface area contributed by atoms with Crippen molar-refractivity contribution >= 4 is 0 Å². The monoisotopic (exact) mass is 229 g/mol. The number of hydrogen-bond donors (Lipinski definition) is 0. The number of rotatable bonds is 4. The van der Waals surface area contributed by atoms with E-state index in [2.05, 4.69) is 55.2 Å². The van der Waals surface area contributed by atoms with E-state index in [1.807, 2.05) is 0 Å². The molecule has 0 atom stereocenters. The summed E-state index contributed by atoms with van der Waals surface area (Å²) in [5.41, 5.74) is 3.09. The minimum absolute atomic E-state index is 0.728. The summed E-state index contributed by atoms with van der Waals surface area (Å²) in [6.45, 7) is 8.15. The van der Waals surface area contributed by atoms with Crippen LogP contribution in [-0.2, 0) is 6.42 Å². The smallest absolute Gasteiger partial charge is 0.0166 e. The van der Waals surface area contributed by atoms with Crippen LogP contribution < -0.4 is 0 Å². The van der Waals surface area contributed by atoms with Crippen LogP contribution in [0.25, 0.3) is 0 Å². The third-order valence-corrected chi connectivity index (χ3v) is 3.63. The van der Waals surface area contributed by atoms with E-state index in [9.17, 15) is 0 Å². The van der Waals surface area contributed by atoms with Gasteiger partial charge in [-0.15, -0.1) is 0 Å². The van der Waals surface area contributed by atoms with Crippen LogP contribution in [0.2, 0.25) is 0 Å². The van der Waals surface area contributed by atoms with Gasteiger partial charge in [0.25, 0.3) is 0 Å². The zero-order valence-electron chi connectivity index (χ0n) is 11.0. The highest BCUT2D eigenvalue weighted by Gasteiger charge is 2.13. The van der Waals surface area contributed by atoms with Crippen LogP contribution in [0.3, 0.4) is 0 Å². The van der Waals surface area contributed by atoms with E-state index in [1.165, 1.54) is 31.5 Å². The van der Waals surface area contributed by atoms with Crippen LogP contribution in [0.5, 0.6) is 0 Å². The first-order valence-electron chi connectivity index (χ1n) is 6.71. The fourth-order valence-electron chi connectivity index (χ4n) is 2.39. The summed E-state index contributed by atoms with van der Waals surface area (Å²) in [7, 11) is 0. The summed E-state index contributed by atoms with van der Waals surface area (Å²) < 4.78 is 0. The highest BCUT2D eigenvalue weighted by atomic mass is 15.1. The Morgan fingerprint density at radius 1 is 1.18 bits per heavy atom. The van der Waals surface area contributed by atoms with E-state index in [0.717, 1.165) is 12.5 Å². The Labute approximate surface area is 105 Å². The third kappa shape index (κ3) is 3.71. The molecule has 0 amide bonds. The second kappa shape index (κ2) is 6.02. The van der Waals surface area contributed by atoms with E-state index in [4.69, 9.17) is 0 Å². The molecular weight excluding hydrogens is 206 g/mol. The zero-order valence-corrected chi connectivity index (χ0v) is 11.0. The van der Waals surface area contributed by atoms with Crippen molar-refractivity contribution in [3.63, 3.8) is 0 Å². The van der Waals surface area contributed by atoms with Gasteiger partial charge in [0.2, 0.25) is 0 Å². The molecule has 17 heavy (non-hydrogen) atoms. The highest BCUT2D eigenvalue weighted by Crippen LogP contribution is 2.18. The molecule has 0 saturated heterocycles. The van der Waals surface area contributed by atoms with Crippen molar-refractivity contribution in [3.8, 4) is 0 Å². The van der Waals surface area contributed by atoms with Gasteiger partial charge in [0.1, 0.15) is 0 Å². The summed E-state index contributed by atoms with van der Waals surface area (Å²) >= 11 is 0. The Kier molecular flexibility index (Phi) is 4.38. The lowest BCUT2D eigenvalue weighted by atomic mass is 9.97. The van der Waals surface area contributed by atoms with Gasteiger partial charge in [-0.05, 0) is 24.3 Å². The maximum atomic E-state index is 2.55. The van der Waals surface area contributed by atoms with E-state index >= 15 is 0 Å². The van der Waals surface area contributed by atoms with Gasteiger partial charge in [0.15, 0.2) is 0 Å². The fourth-order valence-corrected chi connectivity index (χ4v) is 2.39. The van der Waals surface area contributed by atoms with Crippen molar-refractivity contribution in [2.24, 2.45) is 5.92 Å². The molecule has 0 fully saturated rings. The van der Waals surface area contributed by atoms with Crippen molar-refractivity contribution in [1.82, 2.24) is 4.90 Å². The van der Waals surface area contributed by atoms with Crippen molar-refractivity contribution in [1.29, 1.82) is 0 Å². The molecule has 92 valence electrons. The topological polar surface area (TPSA) is 3.24 Å².